The summed E-state index contributed by atoms with van der Waals surface area (Å²) in [4.78, 5) is 99.4. The van der Waals surface area contributed by atoms with Crippen molar-refractivity contribution in [3.8, 4) is 0 Å². The fourth-order valence-electron chi connectivity index (χ4n) is 7.17. The predicted molar refractivity (Wildman–Crippen MR) is 214 cm³/mol. The highest BCUT2D eigenvalue weighted by Crippen LogP contribution is 2.50. The van der Waals surface area contributed by atoms with Crippen LogP contribution in [0.5, 0.6) is 0 Å². The Morgan fingerprint density at radius 3 is 1.28 bits per heavy atom. The number of nitrogens with zero attached hydrogens (tertiary/aromatic N) is 4. The van der Waals surface area contributed by atoms with Crippen molar-refractivity contribution in [3.05, 3.63) is 0 Å². The molecule has 0 bridgehead atoms. The number of likely N-dealkylation sites (N-methyl/N-ethyl adjacent to an activating group) is 4. The van der Waals surface area contributed by atoms with Crippen molar-refractivity contribution in [1.29, 1.82) is 0 Å². The first-order valence-electron chi connectivity index (χ1n) is 19.5. The van der Waals surface area contributed by atoms with Gasteiger partial charge in [-0.25, -0.2) is 0 Å². The number of carbonyl (C=O) groups is 7. The summed E-state index contributed by atoms with van der Waals surface area (Å²) in [5.41, 5.74) is 0. The van der Waals surface area contributed by atoms with E-state index in [0.717, 1.165) is 0 Å². The van der Waals surface area contributed by atoms with Crippen LogP contribution in [-0.2, 0) is 33.6 Å². The van der Waals surface area contributed by atoms with Crippen molar-refractivity contribution in [3.63, 3.8) is 0 Å². The number of amides is 6. The van der Waals surface area contributed by atoms with Crippen molar-refractivity contribution in [2.45, 2.75) is 153 Å². The standard InChI is InChI=1S/C40H72N6O7.CH4/c1-21(2)18-31(41-35(48)27(10)43(14)38(51)28(11)44(15)37(50)26(9)34-24(7)25(34)8)36(49)42-32(19-22(3)4)40(53)45(16)29(12)39(52)46(17)33(30(13)47)20-23(5)6;/h21-29,31-34H,18-20H2,1-17H3,(H,41,48)(H,42,49);1H4. The van der Waals surface area contributed by atoms with E-state index < -0.39 is 59.9 Å². The fourth-order valence-corrected chi connectivity index (χ4v) is 7.17. The average Bonchev–Trinajstić information content (AvgIpc) is 3.69. The fraction of sp³-hybridized carbons (Fsp3) is 0.829. The molecule has 6 amide bonds. The minimum atomic E-state index is -1.01. The quantitative estimate of drug-likeness (QED) is 0.188. The van der Waals surface area contributed by atoms with Gasteiger partial charge in [-0.2, -0.15) is 0 Å². The summed E-state index contributed by atoms with van der Waals surface area (Å²) in [5, 5.41) is 5.65. The van der Waals surface area contributed by atoms with Crippen molar-refractivity contribution in [2.75, 3.05) is 28.2 Å². The first-order chi connectivity index (χ1) is 24.3. The van der Waals surface area contributed by atoms with Crippen LogP contribution in [0.15, 0.2) is 0 Å². The Kier molecular flexibility index (Phi) is 20.1. The van der Waals surface area contributed by atoms with Gasteiger partial charge in [0.2, 0.25) is 35.4 Å². The monoisotopic (exact) mass is 765 g/mol. The summed E-state index contributed by atoms with van der Waals surface area (Å²) in [6.07, 6.45) is 1.05. The topological polar surface area (TPSA) is 157 Å². The van der Waals surface area contributed by atoms with E-state index >= 15 is 0 Å². The van der Waals surface area contributed by atoms with E-state index in [1.807, 2.05) is 48.5 Å². The first kappa shape index (κ1) is 50.5. The second-order valence-electron chi connectivity index (χ2n) is 17.0. The molecule has 54 heavy (non-hydrogen) atoms. The molecule has 2 N–H and O–H groups in total. The zero-order valence-electron chi connectivity index (χ0n) is 35.8. The highest BCUT2D eigenvalue weighted by molar-refractivity contribution is 5.96. The highest BCUT2D eigenvalue weighted by Gasteiger charge is 2.49. The van der Waals surface area contributed by atoms with Gasteiger partial charge in [0.05, 0.1) is 6.04 Å². The number of Topliss-reactive ketones (excluding diaryl/α,β-unsaturated/α-hetero) is 1. The van der Waals surface area contributed by atoms with Crippen LogP contribution in [0.1, 0.15) is 117 Å². The average molecular weight is 765 g/mol. The molecule has 0 radical (unpaired) electrons. The van der Waals surface area contributed by atoms with Gasteiger partial charge in [-0.3, -0.25) is 33.6 Å². The molecule has 13 heteroatoms. The smallest absolute Gasteiger partial charge is 0.245 e. The summed E-state index contributed by atoms with van der Waals surface area (Å²) in [7, 11) is 6.18. The van der Waals surface area contributed by atoms with E-state index in [9.17, 15) is 33.6 Å². The Balaban J connectivity index is 0.0000281. The maximum Gasteiger partial charge on any atom is 0.245 e. The van der Waals surface area contributed by atoms with E-state index in [1.54, 1.807) is 34.9 Å². The molecule has 0 saturated heterocycles. The first-order valence-corrected chi connectivity index (χ1v) is 19.5. The molecule has 0 aromatic rings. The lowest BCUT2D eigenvalue weighted by Crippen LogP contribution is -2.59. The zero-order chi connectivity index (χ0) is 41.4. The maximum absolute atomic E-state index is 13.9. The summed E-state index contributed by atoms with van der Waals surface area (Å²) in [6.45, 7) is 24.0. The lowest BCUT2D eigenvalue weighted by atomic mass is 9.98. The van der Waals surface area contributed by atoms with Gasteiger partial charge in [0.1, 0.15) is 30.2 Å². The number of ketones is 1. The molecule has 0 aromatic carbocycles. The van der Waals surface area contributed by atoms with Crippen molar-refractivity contribution in [2.24, 2.45) is 41.4 Å². The Labute approximate surface area is 327 Å². The van der Waals surface area contributed by atoms with Gasteiger partial charge in [-0.05, 0) is 82.5 Å². The summed E-state index contributed by atoms with van der Waals surface area (Å²) in [6, 6.07) is -5.29. The van der Waals surface area contributed by atoms with Gasteiger partial charge in [-0.1, -0.05) is 69.7 Å². The molecule has 0 aromatic heterocycles. The summed E-state index contributed by atoms with van der Waals surface area (Å²) in [5.74, 6) is -1.47. The molecule has 13 nitrogen and oxygen atoms in total. The Morgan fingerprint density at radius 1 is 0.500 bits per heavy atom. The molecule has 312 valence electrons. The summed E-state index contributed by atoms with van der Waals surface area (Å²) >= 11 is 0. The maximum atomic E-state index is 13.9. The number of hydrogen-bond acceptors (Lipinski definition) is 7. The van der Waals surface area contributed by atoms with Gasteiger partial charge in [-0.15, -0.1) is 0 Å². The minimum Gasteiger partial charge on any atom is -0.343 e. The van der Waals surface area contributed by atoms with Gasteiger partial charge in [0.15, 0.2) is 5.78 Å². The second-order valence-corrected chi connectivity index (χ2v) is 17.0. The molecule has 1 fully saturated rings. The minimum absolute atomic E-state index is 0. The molecule has 9 atom stereocenters. The third kappa shape index (κ3) is 13.4. The second kappa shape index (κ2) is 21.5. The molecule has 9 unspecified atom stereocenters. The molecule has 1 saturated carbocycles. The summed E-state index contributed by atoms with van der Waals surface area (Å²) < 4.78 is 0. The largest absolute Gasteiger partial charge is 0.343 e. The van der Waals surface area contributed by atoms with E-state index in [4.69, 9.17) is 0 Å². The van der Waals surface area contributed by atoms with Crippen LogP contribution >= 0.6 is 0 Å². The van der Waals surface area contributed by atoms with Crippen molar-refractivity contribution in [1.82, 2.24) is 30.2 Å². The molecule has 0 spiro atoms. The number of carbonyl (C=O) groups excluding carboxylic acids is 7. The SMILES string of the molecule is C.CC(=O)C(CC(C)C)N(C)C(=O)C(C)N(C)C(=O)C(CC(C)C)NC(=O)C(CC(C)C)NC(=O)C(C)N(C)C(=O)C(C)N(C)C(=O)C(C)C1C(C)C1C. The molecular formula is C41H76N6O7. The van der Waals surface area contributed by atoms with Crippen molar-refractivity contribution >= 4 is 41.2 Å². The third-order valence-electron chi connectivity index (χ3n) is 11.4. The Bertz CT molecular complexity index is 1310. The Morgan fingerprint density at radius 2 is 0.870 bits per heavy atom. The van der Waals surface area contributed by atoms with Crippen LogP contribution in [0.3, 0.4) is 0 Å². The zero-order valence-corrected chi connectivity index (χ0v) is 35.8. The molecule has 0 heterocycles. The lowest BCUT2D eigenvalue weighted by Gasteiger charge is -2.35. The highest BCUT2D eigenvalue weighted by atomic mass is 16.2. The van der Waals surface area contributed by atoms with Crippen LogP contribution in [0.2, 0.25) is 0 Å². The van der Waals surface area contributed by atoms with Crippen LogP contribution in [0, 0.1) is 41.4 Å². The van der Waals surface area contributed by atoms with Gasteiger partial charge >= 0.3 is 0 Å². The molecule has 1 aliphatic carbocycles. The molecule has 0 aliphatic heterocycles. The number of rotatable bonds is 20. The van der Waals surface area contributed by atoms with E-state index in [-0.39, 0.29) is 67.5 Å². The van der Waals surface area contributed by atoms with Crippen LogP contribution in [0.4, 0.5) is 0 Å². The number of hydrogen-bond donors (Lipinski definition) is 2. The van der Waals surface area contributed by atoms with Crippen LogP contribution in [0.25, 0.3) is 0 Å². The molecular weight excluding hydrogens is 688 g/mol. The predicted octanol–water partition coefficient (Wildman–Crippen LogP) is 4.23. The van der Waals surface area contributed by atoms with E-state index in [0.29, 0.717) is 18.3 Å². The normalized spacial score (nSPS) is 20.3. The number of nitrogens with one attached hydrogen (secondary N) is 2. The van der Waals surface area contributed by atoms with Gasteiger partial charge in [0, 0.05) is 34.1 Å². The van der Waals surface area contributed by atoms with Gasteiger partial charge in [0.25, 0.3) is 0 Å². The molecule has 1 aliphatic rings. The molecule has 1 rings (SSSR count). The van der Waals surface area contributed by atoms with Crippen LogP contribution < -0.4 is 10.6 Å². The van der Waals surface area contributed by atoms with Crippen LogP contribution in [-0.4, -0.2) is 125 Å². The van der Waals surface area contributed by atoms with Gasteiger partial charge < -0.3 is 30.2 Å². The van der Waals surface area contributed by atoms with E-state index in [2.05, 4.69) is 24.5 Å². The van der Waals surface area contributed by atoms with E-state index in [1.165, 1.54) is 40.6 Å². The van der Waals surface area contributed by atoms with Crippen molar-refractivity contribution < 1.29 is 33.6 Å². The lowest BCUT2D eigenvalue weighted by molar-refractivity contribution is -0.148. The third-order valence-corrected chi connectivity index (χ3v) is 11.4. The Hall–Kier alpha value is -3.51.